The SMILES string of the molecule is CN(c1ccc(C=O)cc1F)C1CCSC1. The summed E-state index contributed by atoms with van der Waals surface area (Å²) < 4.78 is 13.7. The Morgan fingerprint density at radius 2 is 2.38 bits per heavy atom. The molecule has 0 radical (unpaired) electrons. The van der Waals surface area contributed by atoms with Gasteiger partial charge in [0.2, 0.25) is 0 Å². The second-order valence-corrected chi connectivity index (χ2v) is 5.11. The number of aldehydes is 1. The van der Waals surface area contributed by atoms with Crippen molar-refractivity contribution in [3.8, 4) is 0 Å². The molecular formula is C12H14FNOS. The number of carbonyl (C=O) groups excluding carboxylic acids is 1. The molecule has 0 aromatic heterocycles. The van der Waals surface area contributed by atoms with Crippen molar-refractivity contribution < 1.29 is 9.18 Å². The van der Waals surface area contributed by atoms with Crippen molar-refractivity contribution in [1.82, 2.24) is 0 Å². The molecule has 1 aliphatic heterocycles. The molecule has 2 nitrogen and oxygen atoms in total. The van der Waals surface area contributed by atoms with E-state index in [1.54, 1.807) is 12.1 Å². The summed E-state index contributed by atoms with van der Waals surface area (Å²) in [6, 6.07) is 5.04. The predicted molar refractivity (Wildman–Crippen MR) is 65.9 cm³/mol. The van der Waals surface area contributed by atoms with Gasteiger partial charge in [0.15, 0.2) is 0 Å². The van der Waals surface area contributed by atoms with Gasteiger partial charge in [0, 0.05) is 24.4 Å². The molecule has 0 amide bonds. The standard InChI is InChI=1S/C12H14FNOS/c1-14(10-4-5-16-8-10)12-3-2-9(7-15)6-11(12)13/h2-3,6-7,10H,4-5,8H2,1H3. The van der Waals surface area contributed by atoms with Crippen LogP contribution in [-0.2, 0) is 0 Å². The quantitative estimate of drug-likeness (QED) is 0.756. The van der Waals surface area contributed by atoms with E-state index < -0.39 is 0 Å². The molecule has 4 heteroatoms. The fourth-order valence-electron chi connectivity index (χ4n) is 1.91. The first kappa shape index (κ1) is 11.5. The monoisotopic (exact) mass is 239 g/mol. The lowest BCUT2D eigenvalue weighted by molar-refractivity contribution is 0.112. The van der Waals surface area contributed by atoms with Crippen molar-refractivity contribution in [2.24, 2.45) is 0 Å². The Bertz CT molecular complexity index is 391. The molecule has 2 rings (SSSR count). The van der Waals surface area contributed by atoms with Crippen LogP contribution in [0.15, 0.2) is 18.2 Å². The number of carbonyl (C=O) groups is 1. The lowest BCUT2D eigenvalue weighted by atomic mass is 10.1. The molecule has 1 unspecified atom stereocenters. The lowest BCUT2D eigenvalue weighted by Gasteiger charge is -2.26. The summed E-state index contributed by atoms with van der Waals surface area (Å²) in [4.78, 5) is 12.5. The van der Waals surface area contributed by atoms with Crippen molar-refractivity contribution in [2.45, 2.75) is 12.5 Å². The first-order valence-corrected chi connectivity index (χ1v) is 6.43. The Hall–Kier alpha value is -1.03. The van der Waals surface area contributed by atoms with Gasteiger partial charge in [-0.1, -0.05) is 0 Å². The molecule has 16 heavy (non-hydrogen) atoms. The van der Waals surface area contributed by atoms with Gasteiger partial charge < -0.3 is 4.90 Å². The summed E-state index contributed by atoms with van der Waals surface area (Å²) in [7, 11) is 1.91. The fourth-order valence-corrected chi connectivity index (χ4v) is 3.17. The van der Waals surface area contributed by atoms with Crippen molar-refractivity contribution in [3.05, 3.63) is 29.6 Å². The molecule has 0 aliphatic carbocycles. The van der Waals surface area contributed by atoms with Gasteiger partial charge in [-0.2, -0.15) is 11.8 Å². The Morgan fingerprint density at radius 1 is 1.56 bits per heavy atom. The minimum atomic E-state index is -0.316. The van der Waals surface area contributed by atoms with Gasteiger partial charge in [-0.3, -0.25) is 4.79 Å². The highest BCUT2D eigenvalue weighted by molar-refractivity contribution is 7.99. The predicted octanol–water partition coefficient (Wildman–Crippen LogP) is 2.58. The number of rotatable bonds is 3. The van der Waals surface area contributed by atoms with Gasteiger partial charge in [0.1, 0.15) is 12.1 Å². The number of hydrogen-bond donors (Lipinski definition) is 0. The Labute approximate surface area is 98.8 Å². The maximum Gasteiger partial charge on any atom is 0.150 e. The Morgan fingerprint density at radius 3 is 2.94 bits per heavy atom. The van der Waals surface area contributed by atoms with Crippen LogP contribution >= 0.6 is 11.8 Å². The van der Waals surface area contributed by atoms with Gasteiger partial charge in [0.25, 0.3) is 0 Å². The van der Waals surface area contributed by atoms with E-state index in [4.69, 9.17) is 0 Å². The van der Waals surface area contributed by atoms with E-state index in [-0.39, 0.29) is 5.82 Å². The zero-order valence-electron chi connectivity index (χ0n) is 9.15. The molecule has 0 spiro atoms. The van der Waals surface area contributed by atoms with E-state index in [9.17, 15) is 9.18 Å². The smallest absolute Gasteiger partial charge is 0.150 e. The maximum atomic E-state index is 13.7. The van der Waals surface area contributed by atoms with E-state index in [1.807, 2.05) is 23.7 Å². The largest absolute Gasteiger partial charge is 0.368 e. The fraction of sp³-hybridized carbons (Fsp3) is 0.417. The van der Waals surface area contributed by atoms with Crippen LogP contribution in [0, 0.1) is 5.82 Å². The molecule has 0 bridgehead atoms. The molecule has 1 atom stereocenters. The van der Waals surface area contributed by atoms with Crippen molar-refractivity contribution >= 4 is 23.7 Å². The van der Waals surface area contributed by atoms with Gasteiger partial charge in [-0.25, -0.2) is 4.39 Å². The van der Waals surface area contributed by atoms with Crippen molar-refractivity contribution in [3.63, 3.8) is 0 Å². The molecule has 0 saturated carbocycles. The van der Waals surface area contributed by atoms with E-state index in [2.05, 4.69) is 0 Å². The van der Waals surface area contributed by atoms with E-state index in [0.717, 1.165) is 17.9 Å². The summed E-state index contributed by atoms with van der Waals surface area (Å²) in [5.41, 5.74) is 0.966. The molecular weight excluding hydrogens is 225 g/mol. The molecule has 1 aliphatic rings. The van der Waals surface area contributed by atoms with Crippen LogP contribution in [0.5, 0.6) is 0 Å². The van der Waals surface area contributed by atoms with Crippen LogP contribution in [0.25, 0.3) is 0 Å². The summed E-state index contributed by atoms with van der Waals surface area (Å²) in [5.74, 6) is 1.87. The lowest BCUT2D eigenvalue weighted by Crippen LogP contribution is -2.31. The van der Waals surface area contributed by atoms with Crippen LogP contribution in [0.4, 0.5) is 10.1 Å². The minimum absolute atomic E-state index is 0.316. The number of nitrogens with zero attached hydrogens (tertiary/aromatic N) is 1. The summed E-state index contributed by atoms with van der Waals surface area (Å²) in [6.07, 6.45) is 1.76. The topological polar surface area (TPSA) is 20.3 Å². The van der Waals surface area contributed by atoms with Crippen molar-refractivity contribution in [1.29, 1.82) is 0 Å². The average Bonchev–Trinajstić information content (AvgIpc) is 2.81. The molecule has 1 saturated heterocycles. The van der Waals surface area contributed by atoms with Crippen LogP contribution < -0.4 is 4.90 Å². The summed E-state index contributed by atoms with van der Waals surface area (Å²) in [6.45, 7) is 0. The average molecular weight is 239 g/mol. The van der Waals surface area contributed by atoms with Gasteiger partial charge in [-0.05, 0) is 30.4 Å². The molecule has 1 aromatic rings. The number of benzene rings is 1. The highest BCUT2D eigenvalue weighted by Gasteiger charge is 2.22. The molecule has 1 fully saturated rings. The highest BCUT2D eigenvalue weighted by Crippen LogP contribution is 2.27. The Balaban J connectivity index is 2.22. The van der Waals surface area contributed by atoms with E-state index in [1.165, 1.54) is 6.07 Å². The third-order valence-corrected chi connectivity index (χ3v) is 4.09. The van der Waals surface area contributed by atoms with Crippen LogP contribution in [0.3, 0.4) is 0 Å². The summed E-state index contributed by atoms with van der Waals surface area (Å²) >= 11 is 1.90. The van der Waals surface area contributed by atoms with E-state index >= 15 is 0 Å². The van der Waals surface area contributed by atoms with Crippen LogP contribution in [0.2, 0.25) is 0 Å². The number of hydrogen-bond acceptors (Lipinski definition) is 3. The molecule has 1 aromatic carbocycles. The number of halogens is 1. The second-order valence-electron chi connectivity index (χ2n) is 3.96. The maximum absolute atomic E-state index is 13.7. The highest BCUT2D eigenvalue weighted by atomic mass is 32.2. The second kappa shape index (κ2) is 4.87. The van der Waals surface area contributed by atoms with Gasteiger partial charge >= 0.3 is 0 Å². The zero-order valence-corrected chi connectivity index (χ0v) is 9.97. The zero-order chi connectivity index (χ0) is 11.5. The van der Waals surface area contributed by atoms with Gasteiger partial charge in [-0.15, -0.1) is 0 Å². The third-order valence-electron chi connectivity index (χ3n) is 2.94. The molecule has 86 valence electrons. The number of thioether (sulfide) groups is 1. The minimum Gasteiger partial charge on any atom is -0.368 e. The third kappa shape index (κ3) is 2.21. The molecule has 0 N–H and O–H groups in total. The summed E-state index contributed by atoms with van der Waals surface area (Å²) in [5, 5.41) is 0. The van der Waals surface area contributed by atoms with Crippen LogP contribution in [0.1, 0.15) is 16.8 Å². The first-order chi connectivity index (χ1) is 7.72. The Kier molecular flexibility index (Phi) is 3.49. The van der Waals surface area contributed by atoms with Crippen molar-refractivity contribution in [2.75, 3.05) is 23.5 Å². The molecule has 1 heterocycles. The van der Waals surface area contributed by atoms with E-state index in [0.29, 0.717) is 23.6 Å². The number of anilines is 1. The van der Waals surface area contributed by atoms with Crippen LogP contribution in [-0.4, -0.2) is 30.9 Å². The first-order valence-electron chi connectivity index (χ1n) is 5.27. The normalized spacial score (nSPS) is 19.8. The van der Waals surface area contributed by atoms with Gasteiger partial charge in [0.05, 0.1) is 5.69 Å².